The molecule has 0 amide bonds. The fourth-order valence-corrected chi connectivity index (χ4v) is 5.34. The monoisotopic (exact) mass is 541 g/mol. The highest BCUT2D eigenvalue weighted by Gasteiger charge is 2.24. The minimum Gasteiger partial charge on any atom is -0.493 e. The summed E-state index contributed by atoms with van der Waals surface area (Å²) in [5, 5.41) is 0. The van der Waals surface area contributed by atoms with Crippen molar-refractivity contribution in [3.63, 3.8) is 0 Å². The lowest BCUT2D eigenvalue weighted by Crippen LogP contribution is -2.02. The van der Waals surface area contributed by atoms with Gasteiger partial charge in [0.05, 0.1) is 25.3 Å². The minimum absolute atomic E-state index is 0.131. The topological polar surface area (TPSA) is 57.8 Å². The molecular formula is C35H31N3O3. The number of imidazole rings is 2. The number of hydrogen-bond acceptors (Lipinski definition) is 4. The number of ether oxygens (including phenoxy) is 2. The van der Waals surface area contributed by atoms with Crippen LogP contribution < -0.4 is 9.47 Å². The van der Waals surface area contributed by atoms with E-state index in [4.69, 9.17) is 14.5 Å². The third-order valence-electron chi connectivity index (χ3n) is 7.30. The van der Waals surface area contributed by atoms with Gasteiger partial charge >= 0.3 is 0 Å². The number of rotatable bonds is 9. The standard InChI is InChI=1S/C35H31N3O3/c1-4-22-37-28-12-8-9-13-29(28)38-34(30(39)20-14-24-15-21-31(40-2)32(23-24)41-3)33(36-35(37)38)27-18-16-26(17-19-27)25-10-6-5-7-11-25/h5-21,23H,4,22H2,1-3H3/b20-14+. The van der Waals surface area contributed by atoms with Crippen LogP contribution in [0, 0.1) is 0 Å². The first-order chi connectivity index (χ1) is 20.1. The second-order valence-corrected chi connectivity index (χ2v) is 9.84. The lowest BCUT2D eigenvalue weighted by molar-refractivity contribution is 0.104. The molecule has 6 rings (SSSR count). The third kappa shape index (κ3) is 4.78. The Morgan fingerprint density at radius 1 is 0.780 bits per heavy atom. The molecule has 2 aromatic heterocycles. The predicted molar refractivity (Wildman–Crippen MR) is 165 cm³/mol. The van der Waals surface area contributed by atoms with Crippen LogP contribution in [0.25, 0.3) is 45.3 Å². The van der Waals surface area contributed by atoms with Crippen molar-refractivity contribution in [3.05, 3.63) is 114 Å². The molecule has 0 saturated carbocycles. The molecule has 0 aliphatic carbocycles. The van der Waals surface area contributed by atoms with Crippen LogP contribution in [0.1, 0.15) is 29.4 Å². The molecule has 0 fully saturated rings. The van der Waals surface area contributed by atoms with E-state index in [9.17, 15) is 4.79 Å². The average Bonchev–Trinajstić information content (AvgIpc) is 3.56. The fourth-order valence-electron chi connectivity index (χ4n) is 5.34. The van der Waals surface area contributed by atoms with Gasteiger partial charge in [0.2, 0.25) is 11.6 Å². The number of aryl methyl sites for hydroxylation is 1. The molecule has 2 heterocycles. The number of benzene rings is 4. The summed E-state index contributed by atoms with van der Waals surface area (Å²) in [5.74, 6) is 1.88. The number of carbonyl (C=O) groups excluding carboxylic acids is 1. The smallest absolute Gasteiger partial charge is 0.216 e. The molecule has 0 aliphatic rings. The molecular weight excluding hydrogens is 510 g/mol. The number of ketones is 1. The van der Waals surface area contributed by atoms with Gasteiger partial charge in [0, 0.05) is 12.1 Å². The van der Waals surface area contributed by atoms with E-state index >= 15 is 0 Å². The van der Waals surface area contributed by atoms with Gasteiger partial charge < -0.3 is 14.0 Å². The number of fused-ring (bicyclic) bond motifs is 3. The number of aromatic nitrogens is 3. The minimum atomic E-state index is -0.131. The Labute approximate surface area is 239 Å². The molecule has 0 spiro atoms. The largest absolute Gasteiger partial charge is 0.493 e. The molecule has 0 saturated heterocycles. The zero-order chi connectivity index (χ0) is 28.3. The van der Waals surface area contributed by atoms with Gasteiger partial charge in [-0.1, -0.05) is 85.8 Å². The Hall–Kier alpha value is -5.10. The highest BCUT2D eigenvalue weighted by Crippen LogP contribution is 2.33. The summed E-state index contributed by atoms with van der Waals surface area (Å²) in [4.78, 5) is 19.2. The second kappa shape index (κ2) is 11.2. The Bertz CT molecular complexity index is 1880. The first-order valence-electron chi connectivity index (χ1n) is 13.7. The Balaban J connectivity index is 1.50. The molecule has 6 nitrogen and oxygen atoms in total. The van der Waals surface area contributed by atoms with Crippen LogP contribution in [0.5, 0.6) is 11.5 Å². The van der Waals surface area contributed by atoms with E-state index in [1.54, 1.807) is 26.4 Å². The summed E-state index contributed by atoms with van der Waals surface area (Å²) in [6, 6.07) is 32.3. The molecule has 0 bridgehead atoms. The first-order valence-corrected chi connectivity index (χ1v) is 13.7. The van der Waals surface area contributed by atoms with E-state index in [2.05, 4.69) is 41.8 Å². The van der Waals surface area contributed by atoms with Crippen LogP contribution in [-0.4, -0.2) is 34.0 Å². The van der Waals surface area contributed by atoms with Gasteiger partial charge in [0.25, 0.3) is 0 Å². The second-order valence-electron chi connectivity index (χ2n) is 9.84. The van der Waals surface area contributed by atoms with Gasteiger partial charge in [0.1, 0.15) is 11.4 Å². The van der Waals surface area contributed by atoms with Crippen LogP contribution in [0.4, 0.5) is 0 Å². The number of methoxy groups -OCH3 is 2. The van der Waals surface area contributed by atoms with E-state index in [0.717, 1.165) is 52.0 Å². The summed E-state index contributed by atoms with van der Waals surface area (Å²) in [6.07, 6.45) is 4.36. The predicted octanol–water partition coefficient (Wildman–Crippen LogP) is 7.95. The lowest BCUT2D eigenvalue weighted by Gasteiger charge is -2.08. The van der Waals surface area contributed by atoms with Crippen LogP contribution in [0.15, 0.2) is 103 Å². The van der Waals surface area contributed by atoms with E-state index in [1.807, 2.05) is 71.1 Å². The number of hydrogen-bond donors (Lipinski definition) is 0. The summed E-state index contributed by atoms with van der Waals surface area (Å²) < 4.78 is 15.0. The molecule has 4 aromatic carbocycles. The van der Waals surface area contributed by atoms with Gasteiger partial charge in [-0.25, -0.2) is 4.98 Å². The van der Waals surface area contributed by atoms with E-state index in [0.29, 0.717) is 22.9 Å². The summed E-state index contributed by atoms with van der Waals surface area (Å²) >= 11 is 0. The molecule has 0 unspecified atom stereocenters. The van der Waals surface area contributed by atoms with Crippen LogP contribution in [0.3, 0.4) is 0 Å². The van der Waals surface area contributed by atoms with Crippen molar-refractivity contribution in [2.24, 2.45) is 0 Å². The van der Waals surface area contributed by atoms with Gasteiger partial charge in [-0.2, -0.15) is 0 Å². The van der Waals surface area contributed by atoms with E-state index < -0.39 is 0 Å². The molecule has 6 aromatic rings. The van der Waals surface area contributed by atoms with Crippen molar-refractivity contribution in [1.82, 2.24) is 14.0 Å². The lowest BCUT2D eigenvalue weighted by atomic mass is 10.0. The molecule has 0 aliphatic heterocycles. The zero-order valence-corrected chi connectivity index (χ0v) is 23.4. The van der Waals surface area contributed by atoms with Crippen molar-refractivity contribution in [3.8, 4) is 33.9 Å². The maximum atomic E-state index is 14.1. The molecule has 0 radical (unpaired) electrons. The molecule has 0 N–H and O–H groups in total. The van der Waals surface area contributed by atoms with Crippen LogP contribution in [0.2, 0.25) is 0 Å². The Kier molecular flexibility index (Phi) is 7.13. The zero-order valence-electron chi connectivity index (χ0n) is 23.4. The Morgan fingerprint density at radius 3 is 2.15 bits per heavy atom. The SMILES string of the molecule is CCCn1c2ccccc2n2c(C(=O)/C=C/c3ccc(OC)c(OC)c3)c(-c3ccc(-c4ccccc4)cc3)nc12. The maximum Gasteiger partial charge on any atom is 0.216 e. The average molecular weight is 542 g/mol. The van der Waals surface area contributed by atoms with Crippen molar-refractivity contribution in [2.75, 3.05) is 14.2 Å². The Morgan fingerprint density at radius 2 is 1.44 bits per heavy atom. The van der Waals surface area contributed by atoms with Gasteiger partial charge in [-0.3, -0.25) is 9.20 Å². The van der Waals surface area contributed by atoms with E-state index in [-0.39, 0.29) is 5.78 Å². The van der Waals surface area contributed by atoms with Crippen molar-refractivity contribution >= 4 is 28.7 Å². The third-order valence-corrected chi connectivity index (χ3v) is 7.30. The number of para-hydroxylation sites is 2. The molecule has 204 valence electrons. The fraction of sp³-hybridized carbons (Fsp3) is 0.143. The summed E-state index contributed by atoms with van der Waals surface area (Å²) in [6.45, 7) is 2.95. The van der Waals surface area contributed by atoms with Crippen molar-refractivity contribution in [1.29, 1.82) is 0 Å². The molecule has 41 heavy (non-hydrogen) atoms. The van der Waals surface area contributed by atoms with Crippen molar-refractivity contribution in [2.45, 2.75) is 19.9 Å². The normalized spacial score (nSPS) is 11.5. The van der Waals surface area contributed by atoms with Gasteiger partial charge in [0.15, 0.2) is 11.5 Å². The highest BCUT2D eigenvalue weighted by molar-refractivity contribution is 6.11. The number of carbonyl (C=O) groups is 1. The number of nitrogens with zero attached hydrogens (tertiary/aromatic N) is 3. The van der Waals surface area contributed by atoms with Crippen molar-refractivity contribution < 1.29 is 14.3 Å². The summed E-state index contributed by atoms with van der Waals surface area (Å²) in [5.41, 5.74) is 7.19. The summed E-state index contributed by atoms with van der Waals surface area (Å²) in [7, 11) is 3.20. The number of allylic oxidation sites excluding steroid dienone is 1. The first kappa shape index (κ1) is 26.1. The molecule has 0 atom stereocenters. The van der Waals surface area contributed by atoms with Crippen LogP contribution >= 0.6 is 0 Å². The highest BCUT2D eigenvalue weighted by atomic mass is 16.5. The quantitative estimate of drug-likeness (QED) is 0.138. The molecule has 6 heteroatoms. The van der Waals surface area contributed by atoms with Gasteiger partial charge in [-0.05, 0) is 53.5 Å². The maximum absolute atomic E-state index is 14.1. The van der Waals surface area contributed by atoms with E-state index in [1.165, 1.54) is 0 Å². The van der Waals surface area contributed by atoms with Crippen LogP contribution in [-0.2, 0) is 6.54 Å². The van der Waals surface area contributed by atoms with Gasteiger partial charge in [-0.15, -0.1) is 0 Å².